The molecule has 0 saturated carbocycles. The minimum Gasteiger partial charge on any atom is -0.454 e. The number of nitrogens with zero attached hydrogens (tertiary/aromatic N) is 2. The molecule has 26 heavy (non-hydrogen) atoms. The van der Waals surface area contributed by atoms with E-state index in [0.29, 0.717) is 44.2 Å². The zero-order valence-electron chi connectivity index (χ0n) is 15.0. The average Bonchev–Trinajstić information content (AvgIpc) is 2.93. The second kappa shape index (κ2) is 7.15. The van der Waals surface area contributed by atoms with E-state index in [1.807, 2.05) is 28.0 Å². The Hall–Kier alpha value is -2.28. The van der Waals surface area contributed by atoms with Crippen LogP contribution >= 0.6 is 0 Å². The summed E-state index contributed by atoms with van der Waals surface area (Å²) in [5, 5.41) is 0. The Balaban J connectivity index is 1.44. The molecule has 0 radical (unpaired) electrons. The molecule has 3 fully saturated rings. The molecule has 140 valence electrons. The van der Waals surface area contributed by atoms with E-state index in [9.17, 15) is 9.59 Å². The summed E-state index contributed by atoms with van der Waals surface area (Å²) in [4.78, 5) is 29.3. The lowest BCUT2D eigenvalue weighted by Gasteiger charge is -2.35. The molecule has 1 aromatic rings. The van der Waals surface area contributed by atoms with Crippen LogP contribution in [0.2, 0.25) is 0 Å². The molecule has 5 rings (SSSR count). The monoisotopic (exact) mass is 360 g/mol. The Bertz CT molecular complexity index is 707. The Morgan fingerprint density at radius 1 is 1.23 bits per heavy atom. The minimum absolute atomic E-state index is 0.0576. The fraction of sp³-hybridized carbons (Fsp3) is 0.579. The van der Waals surface area contributed by atoms with Crippen molar-refractivity contribution >= 4 is 11.8 Å². The predicted octanol–water partition coefficient (Wildman–Crippen LogP) is 1.05. The molecule has 0 unspecified atom stereocenters. The van der Waals surface area contributed by atoms with Crippen LogP contribution in [0.3, 0.4) is 0 Å². The number of hydrogen-bond acceptors (Lipinski definition) is 5. The fourth-order valence-corrected chi connectivity index (χ4v) is 4.06. The summed E-state index contributed by atoms with van der Waals surface area (Å²) in [6.45, 7) is 2.47. The number of methoxy groups -OCH3 is 1. The normalized spacial score (nSPS) is 24.1. The second-order valence-corrected chi connectivity index (χ2v) is 7.12. The summed E-state index contributed by atoms with van der Waals surface area (Å²) in [6.07, 6.45) is 2.12. The van der Waals surface area contributed by atoms with Gasteiger partial charge in [-0.15, -0.1) is 0 Å². The van der Waals surface area contributed by atoms with E-state index in [4.69, 9.17) is 14.2 Å². The van der Waals surface area contributed by atoms with Crippen LogP contribution in [-0.2, 0) is 20.7 Å². The first-order chi connectivity index (χ1) is 12.7. The third-order valence-corrected chi connectivity index (χ3v) is 5.47. The van der Waals surface area contributed by atoms with Crippen molar-refractivity contribution in [3.63, 3.8) is 0 Å². The number of benzene rings is 1. The van der Waals surface area contributed by atoms with E-state index < -0.39 is 0 Å². The largest absolute Gasteiger partial charge is 0.454 e. The molecule has 4 aliphatic rings. The quantitative estimate of drug-likeness (QED) is 0.785. The summed E-state index contributed by atoms with van der Waals surface area (Å²) in [5.74, 6) is 1.53. The third kappa shape index (κ3) is 3.23. The lowest BCUT2D eigenvalue weighted by atomic mass is 9.94. The highest BCUT2D eigenvalue weighted by molar-refractivity contribution is 5.84. The van der Waals surface area contributed by atoms with Gasteiger partial charge in [0.1, 0.15) is 0 Å². The summed E-state index contributed by atoms with van der Waals surface area (Å²) in [6, 6.07) is 5.70. The lowest BCUT2D eigenvalue weighted by Crippen LogP contribution is -2.49. The van der Waals surface area contributed by atoms with Crippen molar-refractivity contribution in [3.05, 3.63) is 23.8 Å². The van der Waals surface area contributed by atoms with Gasteiger partial charge in [-0.1, -0.05) is 6.07 Å². The molecule has 2 atom stereocenters. The number of hydrogen-bond donors (Lipinski definition) is 0. The van der Waals surface area contributed by atoms with E-state index in [0.717, 1.165) is 18.4 Å². The van der Waals surface area contributed by atoms with Crippen LogP contribution < -0.4 is 9.47 Å². The van der Waals surface area contributed by atoms with Crippen LogP contribution in [-0.4, -0.2) is 67.8 Å². The van der Waals surface area contributed by atoms with Gasteiger partial charge in [-0.05, 0) is 30.5 Å². The van der Waals surface area contributed by atoms with E-state index in [1.165, 1.54) is 0 Å². The van der Waals surface area contributed by atoms with Crippen LogP contribution in [0.25, 0.3) is 0 Å². The summed E-state index contributed by atoms with van der Waals surface area (Å²) < 4.78 is 15.8. The molecule has 2 amide bonds. The molecule has 2 bridgehead atoms. The Morgan fingerprint density at radius 2 is 2.08 bits per heavy atom. The van der Waals surface area contributed by atoms with E-state index in [-0.39, 0.29) is 30.6 Å². The molecule has 0 spiro atoms. The zero-order chi connectivity index (χ0) is 18.1. The molecular weight excluding hydrogens is 336 g/mol. The van der Waals surface area contributed by atoms with Crippen LogP contribution in [0.1, 0.15) is 18.4 Å². The van der Waals surface area contributed by atoms with Gasteiger partial charge >= 0.3 is 0 Å². The first-order valence-electron chi connectivity index (χ1n) is 9.11. The number of piperidine rings is 1. The lowest BCUT2D eigenvalue weighted by molar-refractivity contribution is -0.140. The van der Waals surface area contributed by atoms with Crippen LogP contribution in [0.15, 0.2) is 18.2 Å². The highest BCUT2D eigenvalue weighted by Crippen LogP contribution is 2.33. The van der Waals surface area contributed by atoms with E-state index in [1.54, 1.807) is 7.11 Å². The van der Waals surface area contributed by atoms with Crippen LogP contribution in [0, 0.1) is 5.92 Å². The first-order valence-corrected chi connectivity index (χ1v) is 9.11. The molecule has 4 aliphatic heterocycles. The highest BCUT2D eigenvalue weighted by Gasteiger charge is 2.41. The Morgan fingerprint density at radius 3 is 2.92 bits per heavy atom. The second-order valence-electron chi connectivity index (χ2n) is 7.12. The van der Waals surface area contributed by atoms with Gasteiger partial charge in [-0.25, -0.2) is 0 Å². The molecular formula is C19H24N2O5. The number of carbonyl (C=O) groups excluding carboxylic acids is 2. The molecule has 0 N–H and O–H groups in total. The number of carbonyl (C=O) groups is 2. The summed E-state index contributed by atoms with van der Waals surface area (Å²) in [7, 11) is 1.64. The van der Waals surface area contributed by atoms with Crippen molar-refractivity contribution < 1.29 is 23.8 Å². The van der Waals surface area contributed by atoms with Crippen molar-refractivity contribution in [3.8, 4) is 11.5 Å². The third-order valence-electron chi connectivity index (χ3n) is 5.47. The topological polar surface area (TPSA) is 68.3 Å². The zero-order valence-corrected chi connectivity index (χ0v) is 15.0. The maximum absolute atomic E-state index is 12.9. The van der Waals surface area contributed by atoms with Gasteiger partial charge in [-0.3, -0.25) is 9.59 Å². The van der Waals surface area contributed by atoms with Crippen molar-refractivity contribution in [1.82, 2.24) is 9.80 Å². The van der Waals surface area contributed by atoms with Gasteiger partial charge in [0, 0.05) is 32.8 Å². The van der Waals surface area contributed by atoms with Crippen LogP contribution in [0.5, 0.6) is 11.5 Å². The summed E-state index contributed by atoms with van der Waals surface area (Å²) in [5.41, 5.74) is 0.901. The van der Waals surface area contributed by atoms with Gasteiger partial charge < -0.3 is 24.0 Å². The number of ether oxygens (including phenoxy) is 3. The van der Waals surface area contributed by atoms with Gasteiger partial charge in [0.15, 0.2) is 11.5 Å². The molecule has 7 heteroatoms. The number of amides is 2. The van der Waals surface area contributed by atoms with Crippen molar-refractivity contribution in [2.45, 2.75) is 25.3 Å². The van der Waals surface area contributed by atoms with Gasteiger partial charge in [0.05, 0.1) is 18.9 Å². The van der Waals surface area contributed by atoms with Crippen molar-refractivity contribution in [2.75, 3.05) is 40.1 Å². The van der Waals surface area contributed by atoms with Crippen molar-refractivity contribution in [2.24, 2.45) is 5.92 Å². The average molecular weight is 360 g/mol. The summed E-state index contributed by atoms with van der Waals surface area (Å²) >= 11 is 0. The fourth-order valence-electron chi connectivity index (χ4n) is 4.06. The minimum atomic E-state index is -0.0914. The Labute approximate surface area is 152 Å². The number of rotatable bonds is 5. The van der Waals surface area contributed by atoms with Gasteiger partial charge in [0.2, 0.25) is 18.6 Å². The molecule has 0 aliphatic carbocycles. The van der Waals surface area contributed by atoms with Gasteiger partial charge in [0.25, 0.3) is 0 Å². The van der Waals surface area contributed by atoms with E-state index in [2.05, 4.69) is 0 Å². The molecule has 0 aromatic heterocycles. The molecule has 1 aromatic carbocycles. The predicted molar refractivity (Wildman–Crippen MR) is 93.0 cm³/mol. The maximum Gasteiger partial charge on any atom is 0.231 e. The highest BCUT2D eigenvalue weighted by atomic mass is 16.7. The maximum atomic E-state index is 12.9. The van der Waals surface area contributed by atoms with Gasteiger partial charge in [-0.2, -0.15) is 0 Å². The van der Waals surface area contributed by atoms with E-state index >= 15 is 0 Å². The molecule has 7 nitrogen and oxygen atoms in total. The van der Waals surface area contributed by atoms with Crippen LogP contribution in [0.4, 0.5) is 0 Å². The SMILES string of the molecule is COCCN1C(=O)[C@H]2CC[C@@H]1CN(C(=O)Cc1ccc3c(c1)OCO3)C2. The molecule has 3 saturated heterocycles. The van der Waals surface area contributed by atoms with Crippen molar-refractivity contribution in [1.29, 1.82) is 0 Å². The smallest absolute Gasteiger partial charge is 0.231 e. The Kier molecular flexibility index (Phi) is 4.72. The molecule has 4 heterocycles. The first kappa shape index (κ1) is 17.1. The standard InChI is InChI=1S/C19H24N2O5/c1-24-7-6-21-15-4-3-14(19(21)23)10-20(11-15)18(22)9-13-2-5-16-17(8-13)26-12-25-16/h2,5,8,14-15H,3-4,6-7,9-12H2,1H3/t14-,15+/m0/s1. The number of fused-ring (bicyclic) bond motifs is 5.